The van der Waals surface area contributed by atoms with E-state index in [0.717, 1.165) is 61.7 Å². The van der Waals surface area contributed by atoms with Crippen LogP contribution in [-0.2, 0) is 57.2 Å². The number of hydrogen-bond donors (Lipinski definition) is 5. The van der Waals surface area contributed by atoms with Gasteiger partial charge in [0.15, 0.2) is 11.9 Å². The van der Waals surface area contributed by atoms with Crippen LogP contribution >= 0.6 is 0 Å². The fourth-order valence-corrected chi connectivity index (χ4v) is 20.6. The van der Waals surface area contributed by atoms with E-state index in [1.807, 2.05) is 0 Å². The molecule has 0 spiro atoms. The number of ketones is 1. The maximum absolute atomic E-state index is 16.0. The van der Waals surface area contributed by atoms with Crippen molar-refractivity contribution >= 4 is 47.4 Å². The van der Waals surface area contributed by atoms with Gasteiger partial charge in [-0.25, -0.2) is 9.59 Å². The van der Waals surface area contributed by atoms with Crippen LogP contribution in [0.15, 0.2) is 114 Å². The van der Waals surface area contributed by atoms with E-state index >= 15 is 9.59 Å². The van der Waals surface area contributed by atoms with Crippen molar-refractivity contribution in [1.82, 2.24) is 16.0 Å². The SMILES string of the molecule is CC(=O)O[C@H]1C(=O)[C@@]2(C)[C@H]([C@H](OC(=O)c3ccccc3)[C@]3(O)C[C@H](OC(=O)[C@H](OC(=O)CCC(=O)NCCNCOC4CC[C@@]5(C)C(=CC[C@H]6[C@@H]7CC[C@@H](C[C@H](C)CCCC(C)C)[C@@]7(C)CC[C@@H]65)C4)[C@@H](NC(=O)c4ccccc4)c4ccccc4)C(C)=C1C3(C)C)[C@]1(OC(C)=O)CC[C@@H]1C[C@@H]2O. The van der Waals surface area contributed by atoms with Crippen molar-refractivity contribution in [2.24, 2.45) is 69.0 Å². The molecule has 2 amide bonds. The summed E-state index contributed by atoms with van der Waals surface area (Å²) in [6.07, 6.45) is 8.05. The number of amides is 2. The number of hydrogen-bond acceptors (Lipinski definition) is 17. The zero-order chi connectivity index (χ0) is 73.3. The summed E-state index contributed by atoms with van der Waals surface area (Å²) in [5, 5.41) is 35.7. The molecule has 19 nitrogen and oxygen atoms in total. The van der Waals surface area contributed by atoms with Gasteiger partial charge < -0.3 is 49.3 Å². The Hall–Kier alpha value is -7.06. The Labute approximate surface area is 602 Å². The summed E-state index contributed by atoms with van der Waals surface area (Å²) in [6.45, 7) is 21.8. The highest BCUT2D eigenvalue weighted by atomic mass is 16.6. The first-order chi connectivity index (χ1) is 48.5. The van der Waals surface area contributed by atoms with Gasteiger partial charge in [0.05, 0.1) is 42.3 Å². The second-order valence-corrected chi connectivity index (χ2v) is 33.0. The number of allylic oxidation sites excluding steroid dienone is 1. The van der Waals surface area contributed by atoms with Gasteiger partial charge in [0.2, 0.25) is 12.0 Å². The Balaban J connectivity index is 0.782. The lowest BCUT2D eigenvalue weighted by Gasteiger charge is -2.68. The summed E-state index contributed by atoms with van der Waals surface area (Å²) in [4.78, 5) is 115. The molecule has 102 heavy (non-hydrogen) atoms. The van der Waals surface area contributed by atoms with E-state index < -0.39 is 131 Å². The molecule has 0 radical (unpaired) electrons. The molecule has 8 aliphatic rings. The van der Waals surface area contributed by atoms with Crippen molar-refractivity contribution in [3.63, 3.8) is 0 Å². The molecule has 554 valence electrons. The van der Waals surface area contributed by atoms with Gasteiger partial charge >= 0.3 is 29.8 Å². The number of esters is 5. The third kappa shape index (κ3) is 14.9. The van der Waals surface area contributed by atoms with Gasteiger partial charge in [0, 0.05) is 56.7 Å². The van der Waals surface area contributed by atoms with E-state index in [1.54, 1.807) is 98.3 Å². The number of rotatable bonds is 26. The standard InChI is InChI=1S/C83H111N3O16/c1-49(2)22-21-23-50(3)44-57-31-33-62-61-32-30-58-45-60(37-39-79(58,9)63(61)38-40-80(57,62)10)97-48-84-42-43-85-66(90)34-35-67(91)100-71(69(54-24-15-12-16-25-54)86-75(93)55-26-17-13-18-27-55)77(95)99-64-47-83(96)74(101-76(94)56-28-19-14-20-29-56)72-81(11,65(89)46-59-36-41-82(59,72)102-53(6)88)73(92)70(98-52(5)87)68(51(64)4)78(83,7)8/h12-20,24-30,49-50,57,59-65,69-72,74,84,89,96H,21-23,31-48H2,1-11H3,(H,85,90)(H,86,93)/t50-,57+,59-,60?,61+,62+,63+,64+,65+,69+,70-,71-,72+,74+,79+,80-,81-,82+,83-/m1/s1. The molecule has 0 heterocycles. The average Bonchev–Trinajstić information content (AvgIpc) is 0.754. The van der Waals surface area contributed by atoms with E-state index in [2.05, 4.69) is 56.6 Å². The van der Waals surface area contributed by atoms with Gasteiger partial charge in [0.1, 0.15) is 29.5 Å². The van der Waals surface area contributed by atoms with E-state index in [1.165, 1.54) is 90.7 Å². The molecule has 5 N–H and O–H groups in total. The molecule has 11 rings (SSSR count). The van der Waals surface area contributed by atoms with Crippen molar-refractivity contribution in [2.75, 3.05) is 19.8 Å². The molecule has 6 fully saturated rings. The van der Waals surface area contributed by atoms with Crippen LogP contribution in [0.25, 0.3) is 0 Å². The highest BCUT2D eigenvalue weighted by Gasteiger charge is 2.77. The molecule has 0 aromatic heterocycles. The van der Waals surface area contributed by atoms with Crippen molar-refractivity contribution in [3.05, 3.63) is 130 Å². The lowest BCUT2D eigenvalue weighted by atomic mass is 9.41. The topological polar surface area (TPSA) is 268 Å². The van der Waals surface area contributed by atoms with Gasteiger partial charge in [0.25, 0.3) is 5.91 Å². The fourth-order valence-electron chi connectivity index (χ4n) is 20.6. The summed E-state index contributed by atoms with van der Waals surface area (Å²) in [5.41, 5.74) is -4.93. The Kier molecular flexibility index (Phi) is 23.1. The van der Waals surface area contributed by atoms with Crippen LogP contribution in [-0.4, -0.2) is 125 Å². The summed E-state index contributed by atoms with van der Waals surface area (Å²) in [5.74, 6) is -4.16. The van der Waals surface area contributed by atoms with Crippen LogP contribution in [0.1, 0.15) is 224 Å². The number of Topliss-reactive ketones (excluding diaryl/α,β-unsaturated/α-hetero) is 1. The number of benzene rings is 3. The Morgan fingerprint density at radius 2 is 1.42 bits per heavy atom. The molecule has 8 aliphatic carbocycles. The van der Waals surface area contributed by atoms with Gasteiger partial charge in [-0.3, -0.25) is 34.1 Å². The van der Waals surface area contributed by atoms with Crippen molar-refractivity contribution in [2.45, 2.75) is 246 Å². The predicted octanol–water partition coefficient (Wildman–Crippen LogP) is 12.6. The number of carbonyl (C=O) groups is 8. The molecule has 6 saturated carbocycles. The van der Waals surface area contributed by atoms with Gasteiger partial charge in [-0.05, 0) is 178 Å². The maximum atomic E-state index is 16.0. The smallest absolute Gasteiger partial charge is 0.350 e. The van der Waals surface area contributed by atoms with E-state index in [0.29, 0.717) is 30.7 Å². The number of fused-ring (bicyclic) bond motifs is 10. The third-order valence-electron chi connectivity index (χ3n) is 26.3. The summed E-state index contributed by atoms with van der Waals surface area (Å²) >= 11 is 0. The van der Waals surface area contributed by atoms with Crippen molar-refractivity contribution < 1.29 is 77.0 Å². The molecule has 0 aliphatic heterocycles. The van der Waals surface area contributed by atoms with Crippen molar-refractivity contribution in [3.8, 4) is 0 Å². The second-order valence-electron chi connectivity index (χ2n) is 33.0. The quantitative estimate of drug-likeness (QED) is 0.0164. The molecular formula is C83H111N3O16. The molecule has 2 bridgehead atoms. The summed E-state index contributed by atoms with van der Waals surface area (Å²) < 4.78 is 38.1. The van der Waals surface area contributed by atoms with Crippen LogP contribution in [0.2, 0.25) is 0 Å². The number of aliphatic hydroxyl groups is 2. The minimum absolute atomic E-state index is 0.0267. The Bertz CT molecular complexity index is 3630. The van der Waals surface area contributed by atoms with Gasteiger partial charge in [-0.1, -0.05) is 146 Å². The second kappa shape index (κ2) is 30.9. The largest absolute Gasteiger partial charge is 0.458 e. The zero-order valence-electron chi connectivity index (χ0n) is 61.9. The Morgan fingerprint density at radius 3 is 2.08 bits per heavy atom. The first kappa shape index (κ1) is 76.1. The number of ether oxygens (including phenoxy) is 6. The minimum Gasteiger partial charge on any atom is -0.458 e. The Morgan fingerprint density at radius 1 is 0.735 bits per heavy atom. The maximum Gasteiger partial charge on any atom is 0.350 e. The molecule has 19 heteroatoms. The molecule has 0 saturated heterocycles. The minimum atomic E-state index is -2.45. The first-order valence-electron chi connectivity index (χ1n) is 37.8. The van der Waals surface area contributed by atoms with Crippen LogP contribution in [0.3, 0.4) is 0 Å². The highest BCUT2D eigenvalue weighted by molar-refractivity contribution is 5.96. The number of nitrogens with one attached hydrogen (secondary N) is 3. The van der Waals surface area contributed by atoms with Crippen LogP contribution in [0.4, 0.5) is 0 Å². The van der Waals surface area contributed by atoms with Gasteiger partial charge in [-0.2, -0.15) is 0 Å². The molecule has 1 unspecified atom stereocenters. The lowest BCUT2D eigenvalue weighted by molar-refractivity contribution is -0.296. The normalized spacial score (nSPS) is 33.6. The highest BCUT2D eigenvalue weighted by Crippen LogP contribution is 2.69. The van der Waals surface area contributed by atoms with Crippen LogP contribution < -0.4 is 16.0 Å². The predicted molar refractivity (Wildman–Crippen MR) is 382 cm³/mol. The fraction of sp³-hybridized carbons (Fsp3) is 0.639. The van der Waals surface area contributed by atoms with Crippen LogP contribution in [0.5, 0.6) is 0 Å². The first-order valence-corrected chi connectivity index (χ1v) is 37.8. The third-order valence-corrected chi connectivity index (χ3v) is 26.3. The van der Waals surface area contributed by atoms with E-state index in [9.17, 15) is 39.0 Å². The van der Waals surface area contributed by atoms with E-state index in [4.69, 9.17) is 28.4 Å². The number of aliphatic hydroxyl groups excluding tert-OH is 1. The lowest BCUT2D eigenvalue weighted by Crippen LogP contribution is -2.78. The molecule has 19 atom stereocenters. The van der Waals surface area contributed by atoms with Crippen LogP contribution in [0, 0.1) is 69.0 Å². The summed E-state index contributed by atoms with van der Waals surface area (Å²) in [7, 11) is 0. The monoisotopic (exact) mass is 1410 g/mol. The molecule has 3 aromatic rings. The summed E-state index contributed by atoms with van der Waals surface area (Å²) in [6, 6.07) is 22.9. The van der Waals surface area contributed by atoms with Gasteiger partial charge in [-0.15, -0.1) is 0 Å². The zero-order valence-corrected chi connectivity index (χ0v) is 61.9. The van der Waals surface area contributed by atoms with E-state index in [-0.39, 0.29) is 59.6 Å². The van der Waals surface area contributed by atoms with Crippen molar-refractivity contribution in [1.29, 1.82) is 0 Å². The number of carbonyl (C=O) groups excluding carboxylic acids is 8. The molecule has 3 aromatic carbocycles. The average molecular weight is 1410 g/mol. The molecular weight excluding hydrogens is 1290 g/mol.